The molecule has 2 heteroatoms. The van der Waals surface area contributed by atoms with Gasteiger partial charge in [0.2, 0.25) is 0 Å². The standard InChI is InChI=1S/C15H30N2/c1-3-7-14-12-17(11-6-10-16-14)13-15(4-2)8-5-9-15/h14,16H,3-13H2,1-2H3. The molecule has 1 heterocycles. The van der Waals surface area contributed by atoms with Crippen LogP contribution in [0.5, 0.6) is 0 Å². The van der Waals surface area contributed by atoms with Crippen molar-refractivity contribution in [1.82, 2.24) is 10.2 Å². The van der Waals surface area contributed by atoms with Crippen molar-refractivity contribution in [3.8, 4) is 0 Å². The van der Waals surface area contributed by atoms with Gasteiger partial charge in [0.15, 0.2) is 0 Å². The topological polar surface area (TPSA) is 15.3 Å². The molecule has 0 radical (unpaired) electrons. The van der Waals surface area contributed by atoms with Crippen molar-refractivity contribution in [2.45, 2.75) is 64.8 Å². The van der Waals surface area contributed by atoms with E-state index in [0.717, 1.165) is 6.04 Å². The molecule has 2 aliphatic rings. The van der Waals surface area contributed by atoms with E-state index in [1.165, 1.54) is 71.1 Å². The van der Waals surface area contributed by atoms with Gasteiger partial charge in [-0.2, -0.15) is 0 Å². The summed E-state index contributed by atoms with van der Waals surface area (Å²) < 4.78 is 0. The Kier molecular flexibility index (Phi) is 4.87. The molecule has 1 unspecified atom stereocenters. The first kappa shape index (κ1) is 13.4. The van der Waals surface area contributed by atoms with E-state index in [1.807, 2.05) is 0 Å². The smallest absolute Gasteiger partial charge is 0.0194 e. The molecule has 1 aliphatic heterocycles. The van der Waals surface area contributed by atoms with Gasteiger partial charge in [0, 0.05) is 19.1 Å². The fourth-order valence-electron chi connectivity index (χ4n) is 3.54. The Bertz CT molecular complexity index is 217. The van der Waals surface area contributed by atoms with Crippen molar-refractivity contribution >= 4 is 0 Å². The Balaban J connectivity index is 1.85. The van der Waals surface area contributed by atoms with Crippen LogP contribution in [0.1, 0.15) is 58.8 Å². The zero-order chi connectivity index (χ0) is 12.1. The third-order valence-electron chi connectivity index (χ3n) is 4.92. The average molecular weight is 238 g/mol. The first-order chi connectivity index (χ1) is 8.28. The third-order valence-corrected chi connectivity index (χ3v) is 4.92. The Morgan fingerprint density at radius 3 is 2.65 bits per heavy atom. The average Bonchev–Trinajstić information content (AvgIpc) is 2.49. The Morgan fingerprint density at radius 1 is 1.24 bits per heavy atom. The molecule has 2 nitrogen and oxygen atoms in total. The predicted molar refractivity (Wildman–Crippen MR) is 74.3 cm³/mol. The summed E-state index contributed by atoms with van der Waals surface area (Å²) in [7, 11) is 0. The predicted octanol–water partition coefficient (Wildman–Crippen LogP) is 3.03. The van der Waals surface area contributed by atoms with Gasteiger partial charge in [0.1, 0.15) is 0 Å². The molecule has 17 heavy (non-hydrogen) atoms. The fraction of sp³-hybridized carbons (Fsp3) is 1.00. The summed E-state index contributed by atoms with van der Waals surface area (Å²) in [5.74, 6) is 0. The van der Waals surface area contributed by atoms with Gasteiger partial charge in [-0.15, -0.1) is 0 Å². The first-order valence-corrected chi connectivity index (χ1v) is 7.74. The number of nitrogens with one attached hydrogen (secondary N) is 1. The maximum absolute atomic E-state index is 3.71. The summed E-state index contributed by atoms with van der Waals surface area (Å²) >= 11 is 0. The van der Waals surface area contributed by atoms with Crippen LogP contribution < -0.4 is 5.32 Å². The minimum atomic E-state index is 0.696. The summed E-state index contributed by atoms with van der Waals surface area (Å²) in [5.41, 5.74) is 0.696. The lowest BCUT2D eigenvalue weighted by atomic mass is 9.66. The van der Waals surface area contributed by atoms with E-state index in [4.69, 9.17) is 0 Å². The monoisotopic (exact) mass is 238 g/mol. The molecule has 0 bridgehead atoms. The van der Waals surface area contributed by atoms with Crippen LogP contribution in [-0.4, -0.2) is 37.1 Å². The second-order valence-corrected chi connectivity index (χ2v) is 6.24. The Labute approximate surface area is 107 Å². The largest absolute Gasteiger partial charge is 0.313 e. The van der Waals surface area contributed by atoms with Gasteiger partial charge < -0.3 is 10.2 Å². The minimum absolute atomic E-state index is 0.696. The van der Waals surface area contributed by atoms with E-state index in [-0.39, 0.29) is 0 Å². The summed E-state index contributed by atoms with van der Waals surface area (Å²) in [6, 6.07) is 0.747. The molecule has 100 valence electrons. The maximum atomic E-state index is 3.71. The van der Waals surface area contributed by atoms with E-state index < -0.39 is 0 Å². The highest BCUT2D eigenvalue weighted by Crippen LogP contribution is 2.44. The van der Waals surface area contributed by atoms with Crippen molar-refractivity contribution in [2.24, 2.45) is 5.41 Å². The Hall–Kier alpha value is -0.0800. The normalized spacial score (nSPS) is 29.6. The molecule has 0 spiro atoms. The lowest BCUT2D eigenvalue weighted by molar-refractivity contribution is 0.0610. The molecule has 0 aromatic carbocycles. The summed E-state index contributed by atoms with van der Waals surface area (Å²) in [6.07, 6.45) is 9.80. The zero-order valence-corrected chi connectivity index (χ0v) is 11.8. The number of hydrogen-bond acceptors (Lipinski definition) is 2. The van der Waals surface area contributed by atoms with E-state index in [2.05, 4.69) is 24.1 Å². The molecule has 2 rings (SSSR count). The van der Waals surface area contributed by atoms with Crippen molar-refractivity contribution in [2.75, 3.05) is 26.2 Å². The van der Waals surface area contributed by atoms with Crippen LogP contribution in [0.25, 0.3) is 0 Å². The highest BCUT2D eigenvalue weighted by molar-refractivity contribution is 4.90. The van der Waals surface area contributed by atoms with Crippen LogP contribution >= 0.6 is 0 Å². The molecule has 1 atom stereocenters. The maximum Gasteiger partial charge on any atom is 0.0194 e. The fourth-order valence-corrected chi connectivity index (χ4v) is 3.54. The SMILES string of the molecule is CCCC1CN(CC2(CC)CCC2)CCCN1. The summed E-state index contributed by atoms with van der Waals surface area (Å²) in [4.78, 5) is 2.75. The molecule has 0 aromatic rings. The molecule has 2 fully saturated rings. The highest BCUT2D eigenvalue weighted by atomic mass is 15.2. The van der Waals surface area contributed by atoms with Crippen LogP contribution in [0, 0.1) is 5.41 Å². The van der Waals surface area contributed by atoms with E-state index in [0.29, 0.717) is 5.41 Å². The van der Waals surface area contributed by atoms with Crippen LogP contribution in [0.15, 0.2) is 0 Å². The second-order valence-electron chi connectivity index (χ2n) is 6.24. The second kappa shape index (κ2) is 6.19. The Morgan fingerprint density at radius 2 is 2.06 bits per heavy atom. The third kappa shape index (κ3) is 3.45. The highest BCUT2D eigenvalue weighted by Gasteiger charge is 2.37. The van der Waals surface area contributed by atoms with Crippen molar-refractivity contribution in [3.05, 3.63) is 0 Å². The van der Waals surface area contributed by atoms with Gasteiger partial charge in [-0.25, -0.2) is 0 Å². The van der Waals surface area contributed by atoms with Gasteiger partial charge >= 0.3 is 0 Å². The lowest BCUT2D eigenvalue weighted by Gasteiger charge is -2.45. The van der Waals surface area contributed by atoms with Gasteiger partial charge in [0.25, 0.3) is 0 Å². The molecule has 1 aliphatic carbocycles. The van der Waals surface area contributed by atoms with Crippen LogP contribution in [-0.2, 0) is 0 Å². The first-order valence-electron chi connectivity index (χ1n) is 7.74. The van der Waals surface area contributed by atoms with E-state index in [1.54, 1.807) is 0 Å². The summed E-state index contributed by atoms with van der Waals surface area (Å²) in [6.45, 7) is 9.88. The van der Waals surface area contributed by atoms with Crippen LogP contribution in [0.4, 0.5) is 0 Å². The number of rotatable bonds is 5. The van der Waals surface area contributed by atoms with E-state index in [9.17, 15) is 0 Å². The van der Waals surface area contributed by atoms with Crippen molar-refractivity contribution < 1.29 is 0 Å². The molecule has 1 saturated heterocycles. The van der Waals surface area contributed by atoms with Crippen LogP contribution in [0.2, 0.25) is 0 Å². The quantitative estimate of drug-likeness (QED) is 0.792. The molecule has 1 N–H and O–H groups in total. The summed E-state index contributed by atoms with van der Waals surface area (Å²) in [5, 5.41) is 3.71. The zero-order valence-electron chi connectivity index (χ0n) is 11.8. The van der Waals surface area contributed by atoms with Gasteiger partial charge in [-0.3, -0.25) is 0 Å². The molecular formula is C15H30N2. The molecule has 0 aromatic heterocycles. The lowest BCUT2D eigenvalue weighted by Crippen LogP contribution is -2.45. The molecule has 1 saturated carbocycles. The minimum Gasteiger partial charge on any atom is -0.313 e. The van der Waals surface area contributed by atoms with Gasteiger partial charge in [-0.05, 0) is 50.6 Å². The molecular weight excluding hydrogens is 208 g/mol. The number of nitrogens with zero attached hydrogens (tertiary/aromatic N) is 1. The van der Waals surface area contributed by atoms with E-state index >= 15 is 0 Å². The van der Waals surface area contributed by atoms with Crippen LogP contribution in [0.3, 0.4) is 0 Å². The van der Waals surface area contributed by atoms with Crippen molar-refractivity contribution in [3.63, 3.8) is 0 Å². The van der Waals surface area contributed by atoms with Gasteiger partial charge in [-0.1, -0.05) is 26.7 Å². The number of hydrogen-bond donors (Lipinski definition) is 1. The van der Waals surface area contributed by atoms with Gasteiger partial charge in [0.05, 0.1) is 0 Å². The molecule has 0 amide bonds. The van der Waals surface area contributed by atoms with Crippen molar-refractivity contribution in [1.29, 1.82) is 0 Å².